The molecule has 0 radical (unpaired) electrons. The predicted octanol–water partition coefficient (Wildman–Crippen LogP) is 2.02. The van der Waals surface area contributed by atoms with Crippen LogP contribution in [0, 0.1) is 11.8 Å². The monoisotopic (exact) mass is 461 g/mol. The first-order valence-corrected chi connectivity index (χ1v) is 13.8. The fourth-order valence-electron chi connectivity index (χ4n) is 7.15. The topological polar surface area (TPSA) is 59.1 Å². The molecule has 0 unspecified atom stereocenters. The number of likely N-dealkylation sites (N-methyl/N-ethyl adjacent to an activating group) is 1. The lowest BCUT2D eigenvalue weighted by Gasteiger charge is -2.57. The highest BCUT2D eigenvalue weighted by Gasteiger charge is 2.48. The first-order chi connectivity index (χ1) is 16.1. The third-order valence-electron chi connectivity index (χ3n) is 8.87. The minimum absolute atomic E-state index is 0.178. The number of carbonyl (C=O) groups is 2. The van der Waals surface area contributed by atoms with Gasteiger partial charge in [0.1, 0.15) is 0 Å². The summed E-state index contributed by atoms with van der Waals surface area (Å²) in [5.74, 6) is 1.65. The zero-order chi connectivity index (χ0) is 23.2. The fraction of sp³-hybridized carbons (Fsp3) is 0.923. The molecule has 4 saturated heterocycles. The van der Waals surface area contributed by atoms with E-state index in [1.54, 1.807) is 6.92 Å². The zero-order valence-electron chi connectivity index (χ0n) is 21.1. The number of hydrogen-bond acceptors (Lipinski definition) is 5. The normalized spacial score (nSPS) is 31.3. The predicted molar refractivity (Wildman–Crippen MR) is 132 cm³/mol. The number of nitrogens with zero attached hydrogens (tertiary/aromatic N) is 4. The van der Waals surface area contributed by atoms with Crippen molar-refractivity contribution >= 4 is 11.8 Å². The maximum Gasteiger partial charge on any atom is 0.219 e. The summed E-state index contributed by atoms with van der Waals surface area (Å²) in [5, 5.41) is 3.14. The van der Waals surface area contributed by atoms with Crippen molar-refractivity contribution in [1.29, 1.82) is 0 Å². The average Bonchev–Trinajstić information content (AvgIpc) is 2.83. The molecule has 0 bridgehead atoms. The smallest absolute Gasteiger partial charge is 0.219 e. The van der Waals surface area contributed by atoms with Crippen molar-refractivity contribution in [2.75, 3.05) is 65.4 Å². The van der Waals surface area contributed by atoms with E-state index in [-0.39, 0.29) is 11.8 Å². The highest BCUT2D eigenvalue weighted by Crippen LogP contribution is 2.43. The van der Waals surface area contributed by atoms with Crippen LogP contribution in [0.1, 0.15) is 65.2 Å². The Morgan fingerprint density at radius 3 is 2.39 bits per heavy atom. The second kappa shape index (κ2) is 12.0. The van der Waals surface area contributed by atoms with Gasteiger partial charge in [0.25, 0.3) is 0 Å². The first kappa shape index (κ1) is 24.9. The van der Waals surface area contributed by atoms with Crippen molar-refractivity contribution in [2.24, 2.45) is 11.8 Å². The number of nitrogens with one attached hydrogen (secondary N) is 1. The van der Waals surface area contributed by atoms with Crippen LogP contribution in [-0.2, 0) is 9.59 Å². The van der Waals surface area contributed by atoms with Gasteiger partial charge < -0.3 is 20.0 Å². The highest BCUT2D eigenvalue weighted by atomic mass is 16.2. The zero-order valence-corrected chi connectivity index (χ0v) is 21.1. The van der Waals surface area contributed by atoms with Gasteiger partial charge in [0, 0.05) is 64.7 Å². The van der Waals surface area contributed by atoms with Gasteiger partial charge in [-0.05, 0) is 83.0 Å². The summed E-state index contributed by atoms with van der Waals surface area (Å²) < 4.78 is 0. The average molecular weight is 462 g/mol. The third-order valence-corrected chi connectivity index (χ3v) is 8.87. The van der Waals surface area contributed by atoms with E-state index in [0.29, 0.717) is 30.3 Å². The summed E-state index contributed by atoms with van der Waals surface area (Å²) in [6.45, 7) is 15.0. The van der Waals surface area contributed by atoms with E-state index < -0.39 is 0 Å². The summed E-state index contributed by atoms with van der Waals surface area (Å²) >= 11 is 0. The molecule has 0 aliphatic carbocycles. The van der Waals surface area contributed by atoms with Crippen LogP contribution in [0.15, 0.2) is 0 Å². The Hall–Kier alpha value is -1.18. The molecule has 2 amide bonds. The van der Waals surface area contributed by atoms with E-state index in [1.165, 1.54) is 51.9 Å². The number of rotatable bonds is 9. The van der Waals surface area contributed by atoms with Crippen LogP contribution in [-0.4, -0.2) is 109 Å². The van der Waals surface area contributed by atoms with Gasteiger partial charge in [0.05, 0.1) is 0 Å². The summed E-state index contributed by atoms with van der Waals surface area (Å²) in [6, 6.07) is 0.986. The van der Waals surface area contributed by atoms with Gasteiger partial charge in [-0.25, -0.2) is 0 Å². The lowest BCUT2D eigenvalue weighted by atomic mass is 9.69. The summed E-state index contributed by atoms with van der Waals surface area (Å²) in [6.07, 6.45) is 8.50. The van der Waals surface area contributed by atoms with Crippen LogP contribution >= 0.6 is 0 Å². The molecule has 4 atom stereocenters. The Bertz CT molecular complexity index is 649. The van der Waals surface area contributed by atoms with Crippen LogP contribution < -0.4 is 5.32 Å². The molecule has 0 aromatic carbocycles. The van der Waals surface area contributed by atoms with Crippen LogP contribution in [0.2, 0.25) is 0 Å². The van der Waals surface area contributed by atoms with E-state index in [0.717, 1.165) is 58.5 Å². The SMILES string of the molecule is CCN1CCN(CCCNC(=O)CCC[C@@H]2[C@H]3CCCN4CCC[C@@H](CN2C(C)=O)[C@@H]34)CC1. The van der Waals surface area contributed by atoms with Gasteiger partial charge in [0.2, 0.25) is 11.8 Å². The van der Waals surface area contributed by atoms with Gasteiger partial charge in [0.15, 0.2) is 0 Å². The highest BCUT2D eigenvalue weighted by molar-refractivity contribution is 5.76. The molecule has 7 heteroatoms. The molecule has 4 aliphatic heterocycles. The van der Waals surface area contributed by atoms with Crippen molar-refractivity contribution in [2.45, 2.75) is 77.3 Å². The fourth-order valence-corrected chi connectivity index (χ4v) is 7.15. The minimum atomic E-state index is 0.178. The van der Waals surface area contributed by atoms with Crippen molar-refractivity contribution in [1.82, 2.24) is 24.9 Å². The maximum absolute atomic E-state index is 12.5. The number of likely N-dealkylation sites (tertiary alicyclic amines) is 1. The van der Waals surface area contributed by atoms with Crippen LogP contribution in [0.5, 0.6) is 0 Å². The second-order valence-electron chi connectivity index (χ2n) is 10.8. The van der Waals surface area contributed by atoms with E-state index in [2.05, 4.69) is 31.8 Å². The number of amides is 2. The van der Waals surface area contributed by atoms with Crippen LogP contribution in [0.4, 0.5) is 0 Å². The lowest BCUT2D eigenvalue weighted by molar-refractivity contribution is -0.144. The molecule has 188 valence electrons. The molecule has 0 aromatic rings. The molecule has 4 heterocycles. The quantitative estimate of drug-likeness (QED) is 0.533. The minimum Gasteiger partial charge on any atom is -0.356 e. The number of hydrogen-bond donors (Lipinski definition) is 1. The van der Waals surface area contributed by atoms with Crippen LogP contribution in [0.25, 0.3) is 0 Å². The summed E-state index contributed by atoms with van der Waals surface area (Å²) in [5.41, 5.74) is 0. The summed E-state index contributed by atoms with van der Waals surface area (Å²) in [7, 11) is 0. The Morgan fingerprint density at radius 2 is 1.67 bits per heavy atom. The van der Waals surface area contributed by atoms with E-state index in [4.69, 9.17) is 0 Å². The first-order valence-electron chi connectivity index (χ1n) is 13.8. The number of carbonyl (C=O) groups excluding carboxylic acids is 2. The van der Waals surface area contributed by atoms with Crippen molar-refractivity contribution in [3.05, 3.63) is 0 Å². The van der Waals surface area contributed by atoms with Gasteiger partial charge >= 0.3 is 0 Å². The molecule has 4 aliphatic rings. The van der Waals surface area contributed by atoms with Gasteiger partial charge in [-0.3, -0.25) is 14.5 Å². The summed E-state index contributed by atoms with van der Waals surface area (Å²) in [4.78, 5) is 34.9. The molecule has 33 heavy (non-hydrogen) atoms. The van der Waals surface area contributed by atoms with Gasteiger partial charge in [-0.1, -0.05) is 6.92 Å². The molecule has 1 N–H and O–H groups in total. The maximum atomic E-state index is 12.5. The third kappa shape index (κ3) is 6.29. The van der Waals surface area contributed by atoms with E-state index in [1.807, 2.05) is 0 Å². The Balaban J connectivity index is 1.18. The second-order valence-corrected chi connectivity index (χ2v) is 10.8. The molecule has 4 rings (SSSR count). The van der Waals surface area contributed by atoms with Crippen molar-refractivity contribution in [3.63, 3.8) is 0 Å². The van der Waals surface area contributed by atoms with Crippen molar-refractivity contribution in [3.8, 4) is 0 Å². The van der Waals surface area contributed by atoms with E-state index in [9.17, 15) is 9.59 Å². The molecule has 7 nitrogen and oxygen atoms in total. The van der Waals surface area contributed by atoms with Gasteiger partial charge in [-0.2, -0.15) is 0 Å². The Labute approximate surface area is 201 Å². The Morgan fingerprint density at radius 1 is 0.939 bits per heavy atom. The molecule has 0 spiro atoms. The molecular formula is C26H47N5O2. The molecule has 0 aromatic heterocycles. The lowest BCUT2D eigenvalue weighted by Crippen LogP contribution is -2.65. The van der Waals surface area contributed by atoms with Crippen molar-refractivity contribution < 1.29 is 9.59 Å². The van der Waals surface area contributed by atoms with Crippen LogP contribution in [0.3, 0.4) is 0 Å². The largest absolute Gasteiger partial charge is 0.356 e. The Kier molecular flexibility index (Phi) is 9.05. The molecular weight excluding hydrogens is 414 g/mol. The standard InChI is InChI=1S/C26H47N5O2/c1-3-28-16-18-29(19-17-28)13-7-12-27-25(33)11-4-10-24-23-9-6-15-30-14-5-8-22(26(23)30)20-31(24)21(2)32/h22-24,26H,3-20H2,1-2H3,(H,27,33)/t22-,23+,24+,26-/m0/s1. The number of piperazine rings is 1. The molecule has 4 fully saturated rings. The van der Waals surface area contributed by atoms with E-state index >= 15 is 0 Å². The molecule has 0 saturated carbocycles. The van der Waals surface area contributed by atoms with Gasteiger partial charge in [-0.15, -0.1) is 0 Å². The number of piperidine rings is 3.